The van der Waals surface area contributed by atoms with Crippen LogP contribution in [0.5, 0.6) is 0 Å². The monoisotopic (exact) mass is 301 g/mol. The van der Waals surface area contributed by atoms with Gasteiger partial charge in [-0.2, -0.15) is 0 Å². The van der Waals surface area contributed by atoms with Crippen molar-refractivity contribution in [1.29, 1.82) is 0 Å². The van der Waals surface area contributed by atoms with Gasteiger partial charge in [0.05, 0.1) is 26.2 Å². The Hall–Kier alpha value is -1.17. The first kappa shape index (κ1) is 15.2. The second-order valence-corrected chi connectivity index (χ2v) is 5.18. The van der Waals surface area contributed by atoms with Crippen LogP contribution in [0.1, 0.15) is 12.0 Å². The number of carbonyl (C=O) groups is 1. The third kappa shape index (κ3) is 4.16. The maximum atomic E-state index is 13.8. The molecule has 1 aromatic rings. The van der Waals surface area contributed by atoms with Gasteiger partial charge in [0, 0.05) is 30.2 Å². The van der Waals surface area contributed by atoms with E-state index in [1.54, 1.807) is 12.1 Å². The maximum Gasteiger partial charge on any atom is 0.308 e. The molecule has 1 aliphatic heterocycles. The first-order valence-electron chi connectivity index (χ1n) is 6.43. The first-order valence-corrected chi connectivity index (χ1v) is 6.81. The molecule has 2 rings (SSSR count). The number of hydrogen-bond donors (Lipinski definition) is 0. The van der Waals surface area contributed by atoms with E-state index in [2.05, 4.69) is 9.64 Å². The van der Waals surface area contributed by atoms with E-state index in [-0.39, 0.29) is 24.3 Å². The van der Waals surface area contributed by atoms with Gasteiger partial charge >= 0.3 is 5.97 Å². The predicted octanol–water partition coefficient (Wildman–Crippen LogP) is 2.24. The SMILES string of the molecule is COC(=O)CC1CN(Cc2ccc(Cl)cc2F)CCO1. The van der Waals surface area contributed by atoms with Gasteiger partial charge in [-0.1, -0.05) is 17.7 Å². The molecule has 0 saturated carbocycles. The molecule has 6 heteroatoms. The van der Waals surface area contributed by atoms with Gasteiger partial charge in [-0.15, -0.1) is 0 Å². The fraction of sp³-hybridized carbons (Fsp3) is 0.500. The van der Waals surface area contributed by atoms with E-state index in [1.165, 1.54) is 13.2 Å². The minimum atomic E-state index is -0.312. The van der Waals surface area contributed by atoms with Gasteiger partial charge in [-0.05, 0) is 12.1 Å². The summed E-state index contributed by atoms with van der Waals surface area (Å²) < 4.78 is 23.9. The summed E-state index contributed by atoms with van der Waals surface area (Å²) in [6.45, 7) is 2.29. The summed E-state index contributed by atoms with van der Waals surface area (Å²) >= 11 is 5.73. The maximum absolute atomic E-state index is 13.8. The molecule has 0 aromatic heterocycles. The Kier molecular flexibility index (Phi) is 5.34. The molecule has 1 aromatic carbocycles. The molecule has 4 nitrogen and oxygen atoms in total. The molecule has 0 bridgehead atoms. The summed E-state index contributed by atoms with van der Waals surface area (Å²) in [5.74, 6) is -0.608. The average Bonchev–Trinajstić information content (AvgIpc) is 2.42. The number of hydrogen-bond acceptors (Lipinski definition) is 4. The normalized spacial score (nSPS) is 19.9. The molecule has 1 aliphatic rings. The first-order chi connectivity index (χ1) is 9.58. The molecular weight excluding hydrogens is 285 g/mol. The van der Waals surface area contributed by atoms with Gasteiger partial charge < -0.3 is 9.47 Å². The van der Waals surface area contributed by atoms with Crippen LogP contribution in [-0.2, 0) is 20.8 Å². The Morgan fingerprint density at radius 2 is 2.40 bits per heavy atom. The number of ether oxygens (including phenoxy) is 2. The third-order valence-electron chi connectivity index (χ3n) is 3.25. The number of halogens is 2. The van der Waals surface area contributed by atoms with Crippen LogP contribution in [0.15, 0.2) is 18.2 Å². The zero-order chi connectivity index (χ0) is 14.5. The van der Waals surface area contributed by atoms with Crippen molar-refractivity contribution < 1.29 is 18.7 Å². The van der Waals surface area contributed by atoms with Crippen LogP contribution in [0.2, 0.25) is 5.02 Å². The van der Waals surface area contributed by atoms with E-state index >= 15 is 0 Å². The van der Waals surface area contributed by atoms with Crippen LogP contribution >= 0.6 is 11.6 Å². The molecular formula is C14H17ClFNO3. The van der Waals surface area contributed by atoms with E-state index in [4.69, 9.17) is 16.3 Å². The van der Waals surface area contributed by atoms with E-state index in [0.717, 1.165) is 0 Å². The molecule has 20 heavy (non-hydrogen) atoms. The highest BCUT2D eigenvalue weighted by atomic mass is 35.5. The lowest BCUT2D eigenvalue weighted by Crippen LogP contribution is -2.43. The Balaban J connectivity index is 1.94. The Morgan fingerprint density at radius 3 is 3.10 bits per heavy atom. The highest BCUT2D eigenvalue weighted by Gasteiger charge is 2.23. The molecule has 0 radical (unpaired) electrons. The molecule has 110 valence electrons. The minimum absolute atomic E-state index is 0.202. The van der Waals surface area contributed by atoms with Crippen molar-refractivity contribution in [2.75, 3.05) is 26.8 Å². The fourth-order valence-electron chi connectivity index (χ4n) is 2.21. The lowest BCUT2D eigenvalue weighted by molar-refractivity contribution is -0.145. The van der Waals surface area contributed by atoms with Crippen molar-refractivity contribution >= 4 is 17.6 Å². The van der Waals surface area contributed by atoms with Crippen LogP contribution in [0, 0.1) is 5.82 Å². The topological polar surface area (TPSA) is 38.8 Å². The van der Waals surface area contributed by atoms with Gasteiger partial charge in [-0.3, -0.25) is 9.69 Å². The summed E-state index contributed by atoms with van der Waals surface area (Å²) in [5.41, 5.74) is 0.591. The van der Waals surface area contributed by atoms with Gasteiger partial charge in [-0.25, -0.2) is 4.39 Å². The van der Waals surface area contributed by atoms with Crippen LogP contribution in [0.25, 0.3) is 0 Å². The Bertz CT molecular complexity index is 483. The number of nitrogens with zero attached hydrogens (tertiary/aromatic N) is 1. The highest BCUT2D eigenvalue weighted by Crippen LogP contribution is 2.18. The van der Waals surface area contributed by atoms with Gasteiger partial charge in [0.1, 0.15) is 5.82 Å². The molecule has 0 aliphatic carbocycles. The van der Waals surface area contributed by atoms with E-state index in [9.17, 15) is 9.18 Å². The molecule has 1 saturated heterocycles. The summed E-state index contributed by atoms with van der Waals surface area (Å²) in [4.78, 5) is 13.3. The quantitative estimate of drug-likeness (QED) is 0.800. The van der Waals surface area contributed by atoms with Crippen molar-refractivity contribution in [3.8, 4) is 0 Å². The molecule has 1 atom stereocenters. The Labute approximate surface area is 122 Å². The minimum Gasteiger partial charge on any atom is -0.469 e. The average molecular weight is 302 g/mol. The molecule has 0 amide bonds. The van der Waals surface area contributed by atoms with Crippen LogP contribution in [0.4, 0.5) is 4.39 Å². The lowest BCUT2D eigenvalue weighted by Gasteiger charge is -2.32. The van der Waals surface area contributed by atoms with Crippen LogP contribution in [0.3, 0.4) is 0 Å². The second-order valence-electron chi connectivity index (χ2n) is 4.74. The lowest BCUT2D eigenvalue weighted by atomic mass is 10.1. The zero-order valence-corrected chi connectivity index (χ0v) is 12.0. The smallest absolute Gasteiger partial charge is 0.308 e. The largest absolute Gasteiger partial charge is 0.469 e. The van der Waals surface area contributed by atoms with Crippen molar-refractivity contribution in [3.05, 3.63) is 34.6 Å². The van der Waals surface area contributed by atoms with Crippen LogP contribution in [-0.4, -0.2) is 43.8 Å². The molecule has 0 spiro atoms. The Morgan fingerprint density at radius 1 is 1.60 bits per heavy atom. The molecule has 1 fully saturated rings. The van der Waals surface area contributed by atoms with Crippen molar-refractivity contribution in [2.45, 2.75) is 19.1 Å². The van der Waals surface area contributed by atoms with Gasteiger partial charge in [0.25, 0.3) is 0 Å². The predicted molar refractivity (Wildman–Crippen MR) is 73.1 cm³/mol. The van der Waals surface area contributed by atoms with Crippen molar-refractivity contribution in [2.24, 2.45) is 0 Å². The number of carbonyl (C=O) groups excluding carboxylic acids is 1. The number of morpholine rings is 1. The van der Waals surface area contributed by atoms with Crippen molar-refractivity contribution in [3.63, 3.8) is 0 Å². The summed E-state index contributed by atoms with van der Waals surface area (Å²) in [6.07, 6.45) is 0.0161. The number of methoxy groups -OCH3 is 1. The highest BCUT2D eigenvalue weighted by molar-refractivity contribution is 6.30. The van der Waals surface area contributed by atoms with Crippen LogP contribution < -0.4 is 0 Å². The molecule has 1 heterocycles. The summed E-state index contributed by atoms with van der Waals surface area (Å²) in [6, 6.07) is 4.66. The summed E-state index contributed by atoms with van der Waals surface area (Å²) in [5, 5.41) is 0.386. The summed E-state index contributed by atoms with van der Waals surface area (Å²) in [7, 11) is 1.35. The second kappa shape index (κ2) is 7.02. The third-order valence-corrected chi connectivity index (χ3v) is 3.49. The van der Waals surface area contributed by atoms with E-state index < -0.39 is 0 Å². The number of esters is 1. The van der Waals surface area contributed by atoms with Crippen molar-refractivity contribution in [1.82, 2.24) is 4.90 Å². The fourth-order valence-corrected chi connectivity index (χ4v) is 2.37. The number of benzene rings is 1. The van der Waals surface area contributed by atoms with Gasteiger partial charge in [0.2, 0.25) is 0 Å². The number of rotatable bonds is 4. The van der Waals surface area contributed by atoms with E-state index in [0.29, 0.717) is 36.8 Å². The molecule has 1 unspecified atom stereocenters. The standard InChI is InChI=1S/C14H17ClFNO3/c1-19-14(18)7-12-9-17(4-5-20-12)8-10-2-3-11(15)6-13(10)16/h2-3,6,12H,4-5,7-9H2,1H3. The molecule has 0 N–H and O–H groups in total. The van der Waals surface area contributed by atoms with Gasteiger partial charge in [0.15, 0.2) is 0 Å². The zero-order valence-electron chi connectivity index (χ0n) is 11.3. The van der Waals surface area contributed by atoms with E-state index in [1.807, 2.05) is 0 Å².